The van der Waals surface area contributed by atoms with E-state index in [0.29, 0.717) is 11.3 Å². The summed E-state index contributed by atoms with van der Waals surface area (Å²) in [5.74, 6) is -0.510. The number of H-pyrrole nitrogens is 1. The van der Waals surface area contributed by atoms with Crippen LogP contribution in [-0.2, 0) is 16.0 Å². The van der Waals surface area contributed by atoms with E-state index in [9.17, 15) is 19.7 Å². The Morgan fingerprint density at radius 2 is 1.91 bits per heavy atom. The van der Waals surface area contributed by atoms with Gasteiger partial charge in [0.2, 0.25) is 5.91 Å². The lowest BCUT2D eigenvalue weighted by atomic mass is 10.0. The third-order valence-corrected chi connectivity index (χ3v) is 4.80. The van der Waals surface area contributed by atoms with E-state index in [4.69, 9.17) is 4.74 Å². The van der Waals surface area contributed by atoms with Crippen LogP contribution in [0, 0.1) is 17.0 Å². The number of ether oxygens (including phenoxy) is 1. The number of alkyl carbamates (subject to hydrolysis) is 1. The van der Waals surface area contributed by atoms with E-state index in [0.717, 1.165) is 16.5 Å². The number of fused-ring (bicyclic) bond motifs is 1. The molecule has 0 fully saturated rings. The molecule has 0 aliphatic heterocycles. The molecule has 32 heavy (non-hydrogen) atoms. The maximum absolute atomic E-state index is 13.1. The molecular formula is C23H26N4O5. The minimum Gasteiger partial charge on any atom is -0.444 e. The normalized spacial score (nSPS) is 12.2. The molecule has 1 atom stereocenters. The lowest BCUT2D eigenvalue weighted by Crippen LogP contribution is -2.47. The summed E-state index contributed by atoms with van der Waals surface area (Å²) in [6, 6.07) is 10.9. The van der Waals surface area contributed by atoms with E-state index in [2.05, 4.69) is 15.6 Å². The maximum Gasteiger partial charge on any atom is 0.408 e. The molecule has 9 heteroatoms. The van der Waals surface area contributed by atoms with Crippen molar-refractivity contribution >= 4 is 34.3 Å². The Morgan fingerprint density at radius 1 is 1.19 bits per heavy atom. The number of nitrogens with zero attached hydrogens (tertiary/aromatic N) is 1. The molecule has 2 amide bonds. The summed E-state index contributed by atoms with van der Waals surface area (Å²) in [7, 11) is 0. The summed E-state index contributed by atoms with van der Waals surface area (Å²) in [5, 5.41) is 17.4. The van der Waals surface area contributed by atoms with Crippen molar-refractivity contribution in [3.05, 3.63) is 69.9 Å². The molecule has 9 nitrogen and oxygen atoms in total. The van der Waals surface area contributed by atoms with Gasteiger partial charge in [0.05, 0.1) is 10.6 Å². The molecule has 3 rings (SSSR count). The first kappa shape index (κ1) is 22.8. The predicted molar refractivity (Wildman–Crippen MR) is 122 cm³/mol. The van der Waals surface area contributed by atoms with Crippen LogP contribution in [0.1, 0.15) is 31.9 Å². The van der Waals surface area contributed by atoms with Gasteiger partial charge in [-0.15, -0.1) is 0 Å². The Balaban J connectivity index is 1.87. The number of rotatable bonds is 6. The highest BCUT2D eigenvalue weighted by molar-refractivity contribution is 5.98. The summed E-state index contributed by atoms with van der Waals surface area (Å²) in [6.45, 7) is 6.92. The first-order valence-corrected chi connectivity index (χ1v) is 10.1. The lowest BCUT2D eigenvalue weighted by molar-refractivity contribution is -0.384. The smallest absolute Gasteiger partial charge is 0.408 e. The number of hydrogen-bond donors (Lipinski definition) is 3. The number of nitro benzene ring substituents is 1. The maximum atomic E-state index is 13.1. The molecule has 168 valence electrons. The van der Waals surface area contributed by atoms with Crippen LogP contribution in [-0.4, -0.2) is 33.6 Å². The molecule has 1 aromatic heterocycles. The minimum absolute atomic E-state index is 0.140. The fourth-order valence-electron chi connectivity index (χ4n) is 3.26. The number of nitro groups is 1. The number of benzene rings is 2. The van der Waals surface area contributed by atoms with Crippen LogP contribution < -0.4 is 10.6 Å². The monoisotopic (exact) mass is 438 g/mol. The van der Waals surface area contributed by atoms with E-state index in [-0.39, 0.29) is 12.1 Å². The average Bonchev–Trinajstić information content (AvgIpc) is 3.10. The van der Waals surface area contributed by atoms with Crippen molar-refractivity contribution in [3.63, 3.8) is 0 Å². The van der Waals surface area contributed by atoms with Crippen LogP contribution in [0.25, 0.3) is 10.9 Å². The van der Waals surface area contributed by atoms with Crippen molar-refractivity contribution in [2.75, 3.05) is 5.32 Å². The number of hydrogen-bond acceptors (Lipinski definition) is 5. The van der Waals surface area contributed by atoms with Gasteiger partial charge in [0.25, 0.3) is 5.69 Å². The summed E-state index contributed by atoms with van der Waals surface area (Å²) >= 11 is 0. The molecule has 3 aromatic rings. The van der Waals surface area contributed by atoms with Crippen molar-refractivity contribution in [2.24, 2.45) is 0 Å². The van der Waals surface area contributed by atoms with Gasteiger partial charge in [-0.2, -0.15) is 0 Å². The Bertz CT molecular complexity index is 1160. The number of carbonyl (C=O) groups is 2. The zero-order chi connectivity index (χ0) is 23.5. The van der Waals surface area contributed by atoms with Gasteiger partial charge in [-0.25, -0.2) is 4.79 Å². The highest BCUT2D eigenvalue weighted by atomic mass is 16.6. The number of aromatic amines is 1. The minimum atomic E-state index is -0.970. The SMILES string of the molecule is Cc1ccc([N+](=O)[O-])cc1NC(=O)C(Cc1c[nH]c2ccccc12)NC(=O)OC(C)(C)C. The van der Waals surface area contributed by atoms with Crippen LogP contribution in [0.3, 0.4) is 0 Å². The molecule has 1 heterocycles. The zero-order valence-corrected chi connectivity index (χ0v) is 18.4. The third kappa shape index (κ3) is 5.63. The molecule has 2 aromatic carbocycles. The van der Waals surface area contributed by atoms with Crippen LogP contribution in [0.15, 0.2) is 48.7 Å². The van der Waals surface area contributed by atoms with Crippen molar-refractivity contribution in [3.8, 4) is 0 Å². The van der Waals surface area contributed by atoms with Crippen molar-refractivity contribution < 1.29 is 19.2 Å². The fraction of sp³-hybridized carbons (Fsp3) is 0.304. The topological polar surface area (TPSA) is 126 Å². The molecule has 0 saturated carbocycles. The van der Waals surface area contributed by atoms with Gasteiger partial charge in [-0.1, -0.05) is 24.3 Å². The summed E-state index contributed by atoms with van der Waals surface area (Å²) < 4.78 is 5.32. The second-order valence-corrected chi connectivity index (χ2v) is 8.51. The van der Waals surface area contributed by atoms with E-state index < -0.39 is 28.6 Å². The van der Waals surface area contributed by atoms with Crippen LogP contribution in [0.5, 0.6) is 0 Å². The van der Waals surface area contributed by atoms with Gasteiger partial charge in [-0.3, -0.25) is 14.9 Å². The van der Waals surface area contributed by atoms with Gasteiger partial charge in [-0.05, 0) is 44.9 Å². The number of nitrogens with one attached hydrogen (secondary N) is 3. The van der Waals surface area contributed by atoms with E-state index in [1.807, 2.05) is 24.3 Å². The highest BCUT2D eigenvalue weighted by Gasteiger charge is 2.26. The molecule has 0 spiro atoms. The summed E-state index contributed by atoms with van der Waals surface area (Å²) in [6.07, 6.45) is 1.26. The Hall–Kier alpha value is -3.88. The van der Waals surface area contributed by atoms with E-state index in [1.54, 1.807) is 40.0 Å². The number of anilines is 1. The molecule has 0 radical (unpaired) electrons. The fourth-order valence-corrected chi connectivity index (χ4v) is 3.26. The predicted octanol–water partition coefficient (Wildman–Crippen LogP) is 4.46. The molecular weight excluding hydrogens is 412 g/mol. The van der Waals surface area contributed by atoms with Crippen molar-refractivity contribution in [1.29, 1.82) is 0 Å². The third-order valence-electron chi connectivity index (χ3n) is 4.80. The Morgan fingerprint density at radius 3 is 2.59 bits per heavy atom. The second-order valence-electron chi connectivity index (χ2n) is 8.51. The highest BCUT2D eigenvalue weighted by Crippen LogP contribution is 2.23. The largest absolute Gasteiger partial charge is 0.444 e. The van der Waals surface area contributed by atoms with Gasteiger partial charge >= 0.3 is 6.09 Å². The van der Waals surface area contributed by atoms with Crippen LogP contribution in [0.4, 0.5) is 16.2 Å². The van der Waals surface area contributed by atoms with Crippen LogP contribution >= 0.6 is 0 Å². The molecule has 0 bridgehead atoms. The number of aromatic nitrogens is 1. The molecule has 0 aliphatic rings. The first-order valence-electron chi connectivity index (χ1n) is 10.1. The van der Waals surface area contributed by atoms with E-state index in [1.165, 1.54) is 12.1 Å². The molecule has 0 saturated heterocycles. The molecule has 3 N–H and O–H groups in total. The number of amides is 2. The number of non-ortho nitro benzene ring substituents is 1. The number of aryl methyl sites for hydroxylation is 1. The second kappa shape index (κ2) is 9.09. The standard InChI is InChI=1S/C23H26N4O5/c1-14-9-10-16(27(30)31)12-19(14)25-21(28)20(26-22(29)32-23(2,3)4)11-15-13-24-18-8-6-5-7-17(15)18/h5-10,12-13,20,24H,11H2,1-4H3,(H,25,28)(H,26,29). The average molecular weight is 438 g/mol. The Kier molecular flexibility index (Phi) is 6.47. The Labute approximate surface area is 185 Å². The molecule has 1 unspecified atom stereocenters. The quantitative estimate of drug-likeness (QED) is 0.387. The van der Waals surface area contributed by atoms with Gasteiger partial charge in [0, 0.05) is 35.7 Å². The van der Waals surface area contributed by atoms with Gasteiger partial charge in [0.15, 0.2) is 0 Å². The zero-order valence-electron chi connectivity index (χ0n) is 18.4. The van der Waals surface area contributed by atoms with Gasteiger partial charge in [0.1, 0.15) is 11.6 Å². The molecule has 0 aliphatic carbocycles. The number of carbonyl (C=O) groups excluding carboxylic acids is 2. The first-order chi connectivity index (χ1) is 15.0. The van der Waals surface area contributed by atoms with Gasteiger partial charge < -0.3 is 20.4 Å². The van der Waals surface area contributed by atoms with Crippen LogP contribution in [0.2, 0.25) is 0 Å². The summed E-state index contributed by atoms with van der Waals surface area (Å²) in [4.78, 5) is 39.3. The van der Waals surface area contributed by atoms with E-state index >= 15 is 0 Å². The van der Waals surface area contributed by atoms with Crippen molar-refractivity contribution in [1.82, 2.24) is 10.3 Å². The summed E-state index contributed by atoms with van der Waals surface area (Å²) in [5.41, 5.74) is 1.84. The van der Waals surface area contributed by atoms with Crippen molar-refractivity contribution in [2.45, 2.75) is 45.8 Å². The lowest BCUT2D eigenvalue weighted by Gasteiger charge is -2.23. The number of para-hydroxylation sites is 1.